The molecule has 4 heteroatoms. The smallest absolute Gasteiger partial charge is 0.213 e. The zero-order valence-corrected chi connectivity index (χ0v) is 11.4. The number of hydrogen-bond acceptors (Lipinski definition) is 4. The average Bonchev–Trinajstić information content (AvgIpc) is 2.52. The Morgan fingerprint density at radius 3 is 2.80 bits per heavy atom. The van der Waals surface area contributed by atoms with Gasteiger partial charge in [-0.25, -0.2) is 4.98 Å². The number of hydrogen-bond donors (Lipinski definition) is 1. The van der Waals surface area contributed by atoms with Crippen molar-refractivity contribution in [3.63, 3.8) is 0 Å². The van der Waals surface area contributed by atoms with E-state index in [4.69, 9.17) is 4.74 Å². The van der Waals surface area contributed by atoms with Crippen molar-refractivity contribution in [2.24, 2.45) is 0 Å². The highest BCUT2D eigenvalue weighted by atomic mass is 16.5. The largest absolute Gasteiger partial charge is 0.481 e. The monoisotopic (exact) mass is 267 g/mol. The fraction of sp³-hybridized carbons (Fsp3) is 0.250. The fourth-order valence-corrected chi connectivity index (χ4v) is 1.96. The number of methoxy groups -OCH3 is 1. The molecule has 0 fully saturated rings. The Hall–Kier alpha value is -2.38. The minimum Gasteiger partial charge on any atom is -0.481 e. The predicted molar refractivity (Wildman–Crippen MR) is 77.3 cm³/mol. The number of nitrogens with one attached hydrogen (secondary N) is 1. The topological polar surface area (TPSA) is 57.9 Å². The second-order valence-electron chi connectivity index (χ2n) is 4.43. The summed E-state index contributed by atoms with van der Waals surface area (Å²) in [6.45, 7) is 1.30. The Kier molecular flexibility index (Phi) is 5.10. The Balaban J connectivity index is 1.90. The fourth-order valence-electron chi connectivity index (χ4n) is 1.96. The normalized spacial score (nSPS) is 11.6. The molecule has 1 atom stereocenters. The first-order valence-corrected chi connectivity index (χ1v) is 6.47. The van der Waals surface area contributed by atoms with Gasteiger partial charge in [-0.2, -0.15) is 5.26 Å². The number of aromatic nitrogens is 1. The van der Waals surface area contributed by atoms with E-state index in [0.717, 1.165) is 11.1 Å². The van der Waals surface area contributed by atoms with Crippen LogP contribution >= 0.6 is 0 Å². The van der Waals surface area contributed by atoms with Gasteiger partial charge in [0.25, 0.3) is 0 Å². The summed E-state index contributed by atoms with van der Waals surface area (Å²) in [6, 6.07) is 16.0. The third-order valence-electron chi connectivity index (χ3n) is 3.04. The molecule has 0 amide bonds. The van der Waals surface area contributed by atoms with Crippen molar-refractivity contribution >= 4 is 0 Å². The molecule has 1 heterocycles. The number of ether oxygens (including phenoxy) is 1. The molecule has 20 heavy (non-hydrogen) atoms. The lowest BCUT2D eigenvalue weighted by Crippen LogP contribution is -2.20. The molecule has 1 aromatic heterocycles. The van der Waals surface area contributed by atoms with Gasteiger partial charge in [0.1, 0.15) is 0 Å². The molecule has 0 spiro atoms. The molecule has 102 valence electrons. The first-order chi connectivity index (χ1) is 9.83. The molecule has 0 aliphatic carbocycles. The number of pyridine rings is 1. The van der Waals surface area contributed by atoms with E-state index in [-0.39, 0.29) is 5.92 Å². The van der Waals surface area contributed by atoms with E-state index < -0.39 is 0 Å². The van der Waals surface area contributed by atoms with E-state index in [1.54, 1.807) is 13.3 Å². The highest BCUT2D eigenvalue weighted by Gasteiger charge is 2.09. The summed E-state index contributed by atoms with van der Waals surface area (Å²) in [6.07, 6.45) is 1.72. The minimum atomic E-state index is -0.139. The van der Waals surface area contributed by atoms with Crippen molar-refractivity contribution in [3.05, 3.63) is 59.8 Å². The van der Waals surface area contributed by atoms with Crippen LogP contribution in [0.1, 0.15) is 17.0 Å². The van der Waals surface area contributed by atoms with Crippen LogP contribution < -0.4 is 10.1 Å². The van der Waals surface area contributed by atoms with Crippen molar-refractivity contribution in [1.82, 2.24) is 10.3 Å². The van der Waals surface area contributed by atoms with Gasteiger partial charge in [0, 0.05) is 25.4 Å². The van der Waals surface area contributed by atoms with Crippen molar-refractivity contribution in [2.75, 3.05) is 13.7 Å². The van der Waals surface area contributed by atoms with E-state index in [9.17, 15) is 5.26 Å². The van der Waals surface area contributed by atoms with Gasteiger partial charge in [0.05, 0.1) is 19.1 Å². The van der Waals surface area contributed by atoms with Gasteiger partial charge >= 0.3 is 0 Å². The van der Waals surface area contributed by atoms with E-state index in [2.05, 4.69) is 16.4 Å². The SMILES string of the molecule is COc1cc(CNCC(C#N)c2ccccc2)ccn1. The van der Waals surface area contributed by atoms with Crippen molar-refractivity contribution in [1.29, 1.82) is 5.26 Å². The molecular formula is C16H17N3O. The summed E-state index contributed by atoms with van der Waals surface area (Å²) in [7, 11) is 1.60. The highest BCUT2D eigenvalue weighted by Crippen LogP contribution is 2.14. The molecule has 2 aromatic rings. The van der Waals surface area contributed by atoms with Crippen molar-refractivity contribution in [2.45, 2.75) is 12.5 Å². The summed E-state index contributed by atoms with van der Waals surface area (Å²) in [5, 5.41) is 12.5. The van der Waals surface area contributed by atoms with Gasteiger partial charge in [-0.15, -0.1) is 0 Å². The quantitative estimate of drug-likeness (QED) is 0.873. The second-order valence-corrected chi connectivity index (χ2v) is 4.43. The third-order valence-corrected chi connectivity index (χ3v) is 3.04. The number of nitriles is 1. The molecule has 0 radical (unpaired) electrons. The molecule has 1 aromatic carbocycles. The van der Waals surface area contributed by atoms with Crippen LogP contribution in [0.5, 0.6) is 5.88 Å². The van der Waals surface area contributed by atoms with Crippen LogP contribution in [0.2, 0.25) is 0 Å². The lowest BCUT2D eigenvalue weighted by Gasteiger charge is -2.11. The Labute approximate surface area is 119 Å². The highest BCUT2D eigenvalue weighted by molar-refractivity contribution is 5.25. The van der Waals surface area contributed by atoms with E-state index in [1.807, 2.05) is 42.5 Å². The lowest BCUT2D eigenvalue weighted by atomic mass is 10.0. The van der Waals surface area contributed by atoms with Gasteiger partial charge < -0.3 is 10.1 Å². The van der Waals surface area contributed by atoms with Gasteiger partial charge in [-0.3, -0.25) is 0 Å². The third kappa shape index (κ3) is 3.81. The van der Waals surface area contributed by atoms with Crippen LogP contribution in [0.4, 0.5) is 0 Å². The molecule has 0 aliphatic rings. The molecular weight excluding hydrogens is 250 g/mol. The number of rotatable bonds is 6. The molecule has 0 aliphatic heterocycles. The summed E-state index contributed by atoms with van der Waals surface area (Å²) >= 11 is 0. The minimum absolute atomic E-state index is 0.139. The molecule has 4 nitrogen and oxygen atoms in total. The molecule has 0 bridgehead atoms. The summed E-state index contributed by atoms with van der Waals surface area (Å²) in [4.78, 5) is 4.06. The maximum Gasteiger partial charge on any atom is 0.213 e. The van der Waals surface area contributed by atoms with E-state index in [1.165, 1.54) is 0 Å². The molecule has 1 N–H and O–H groups in total. The van der Waals surface area contributed by atoms with Crippen molar-refractivity contribution in [3.8, 4) is 11.9 Å². The van der Waals surface area contributed by atoms with Crippen LogP contribution in [0.15, 0.2) is 48.7 Å². The van der Waals surface area contributed by atoms with Gasteiger partial charge in [0.2, 0.25) is 5.88 Å². The van der Waals surface area contributed by atoms with Crippen LogP contribution in [0.25, 0.3) is 0 Å². The Morgan fingerprint density at radius 2 is 2.10 bits per heavy atom. The first kappa shape index (κ1) is 14.0. The maximum absolute atomic E-state index is 9.24. The van der Waals surface area contributed by atoms with Crippen LogP contribution in [-0.4, -0.2) is 18.6 Å². The summed E-state index contributed by atoms with van der Waals surface area (Å²) in [5.41, 5.74) is 2.12. The average molecular weight is 267 g/mol. The lowest BCUT2D eigenvalue weighted by molar-refractivity contribution is 0.397. The standard InChI is InChI=1S/C16H17N3O/c1-20-16-9-13(7-8-19-16)11-18-12-15(10-17)14-5-3-2-4-6-14/h2-9,15,18H,11-12H2,1H3. The van der Waals surface area contributed by atoms with Crippen LogP contribution in [0, 0.1) is 11.3 Å². The van der Waals surface area contributed by atoms with E-state index in [0.29, 0.717) is 19.0 Å². The zero-order chi connectivity index (χ0) is 14.2. The zero-order valence-electron chi connectivity index (χ0n) is 11.4. The van der Waals surface area contributed by atoms with Crippen molar-refractivity contribution < 1.29 is 4.74 Å². The van der Waals surface area contributed by atoms with Crippen LogP contribution in [0.3, 0.4) is 0 Å². The first-order valence-electron chi connectivity index (χ1n) is 6.47. The van der Waals surface area contributed by atoms with Gasteiger partial charge in [0.15, 0.2) is 0 Å². The Bertz CT molecular complexity index is 578. The number of benzene rings is 1. The van der Waals surface area contributed by atoms with Gasteiger partial charge in [-0.1, -0.05) is 30.3 Å². The second kappa shape index (κ2) is 7.27. The predicted octanol–water partition coefficient (Wildman–Crippen LogP) is 2.49. The molecule has 0 saturated heterocycles. The Morgan fingerprint density at radius 1 is 1.30 bits per heavy atom. The molecule has 1 unspecified atom stereocenters. The summed E-state index contributed by atoms with van der Waals surface area (Å²) < 4.78 is 5.08. The maximum atomic E-state index is 9.24. The van der Waals surface area contributed by atoms with Gasteiger partial charge in [-0.05, 0) is 17.2 Å². The summed E-state index contributed by atoms with van der Waals surface area (Å²) in [5.74, 6) is 0.462. The van der Waals surface area contributed by atoms with E-state index >= 15 is 0 Å². The molecule has 2 rings (SSSR count). The number of nitrogens with zero attached hydrogens (tertiary/aromatic N) is 2. The molecule has 0 saturated carbocycles. The van der Waals surface area contributed by atoms with Crippen LogP contribution in [-0.2, 0) is 6.54 Å².